The van der Waals surface area contributed by atoms with E-state index in [9.17, 15) is 4.79 Å². The predicted octanol–water partition coefficient (Wildman–Crippen LogP) is 3.18. The summed E-state index contributed by atoms with van der Waals surface area (Å²) in [4.78, 5) is 10.6. The Bertz CT molecular complexity index is 516. The third-order valence-corrected chi connectivity index (χ3v) is 2.34. The number of benzene rings is 1. The summed E-state index contributed by atoms with van der Waals surface area (Å²) in [6, 6.07) is 6.45. The van der Waals surface area contributed by atoms with E-state index >= 15 is 0 Å². The van der Waals surface area contributed by atoms with Crippen molar-refractivity contribution in [1.29, 1.82) is 0 Å². The minimum absolute atomic E-state index is 0.267. The largest absolute Gasteiger partial charge is 0.478 e. The van der Waals surface area contributed by atoms with E-state index in [-0.39, 0.29) is 5.56 Å². The van der Waals surface area contributed by atoms with E-state index in [1.807, 2.05) is 0 Å². The van der Waals surface area contributed by atoms with E-state index in [0.717, 1.165) is 18.4 Å². The van der Waals surface area contributed by atoms with Gasteiger partial charge in [0, 0.05) is 12.0 Å². The molecule has 0 spiro atoms. The lowest BCUT2D eigenvalue weighted by atomic mass is 10.1. The van der Waals surface area contributed by atoms with Crippen LogP contribution in [0.4, 0.5) is 0 Å². The SMILES string of the molecule is CC(C)CCC#CC#Cc1ccc(C(=O)O)cc1. The minimum atomic E-state index is -0.928. The summed E-state index contributed by atoms with van der Waals surface area (Å²) in [5.41, 5.74) is 1.04. The monoisotopic (exact) mass is 240 g/mol. The van der Waals surface area contributed by atoms with Crippen molar-refractivity contribution in [2.24, 2.45) is 5.92 Å². The van der Waals surface area contributed by atoms with Gasteiger partial charge in [0.2, 0.25) is 0 Å². The molecule has 0 amide bonds. The molecule has 92 valence electrons. The Balaban J connectivity index is 2.55. The molecule has 0 fully saturated rings. The molecule has 0 bridgehead atoms. The lowest BCUT2D eigenvalue weighted by Gasteiger charge is -1.96. The Morgan fingerprint density at radius 2 is 1.89 bits per heavy atom. The molecule has 18 heavy (non-hydrogen) atoms. The van der Waals surface area contributed by atoms with Gasteiger partial charge in [0.1, 0.15) is 0 Å². The van der Waals surface area contributed by atoms with E-state index in [2.05, 4.69) is 37.5 Å². The van der Waals surface area contributed by atoms with Crippen molar-refractivity contribution in [3.8, 4) is 23.7 Å². The van der Waals surface area contributed by atoms with Crippen molar-refractivity contribution in [2.75, 3.05) is 0 Å². The van der Waals surface area contributed by atoms with E-state index in [0.29, 0.717) is 5.92 Å². The molecule has 1 aromatic carbocycles. The molecule has 2 nitrogen and oxygen atoms in total. The van der Waals surface area contributed by atoms with E-state index in [1.54, 1.807) is 24.3 Å². The fourth-order valence-electron chi connectivity index (χ4n) is 1.27. The van der Waals surface area contributed by atoms with Gasteiger partial charge in [-0.1, -0.05) is 25.7 Å². The molecule has 1 rings (SSSR count). The van der Waals surface area contributed by atoms with Gasteiger partial charge in [0.05, 0.1) is 5.56 Å². The zero-order valence-electron chi connectivity index (χ0n) is 10.7. The maximum atomic E-state index is 10.6. The van der Waals surface area contributed by atoms with Crippen LogP contribution in [0.5, 0.6) is 0 Å². The van der Waals surface area contributed by atoms with Crippen LogP contribution in [-0.2, 0) is 0 Å². The van der Waals surface area contributed by atoms with Gasteiger partial charge in [-0.2, -0.15) is 0 Å². The molecule has 1 N–H and O–H groups in total. The Kier molecular flexibility index (Phi) is 5.55. The van der Waals surface area contributed by atoms with Crippen LogP contribution in [0.25, 0.3) is 0 Å². The second-order valence-electron chi connectivity index (χ2n) is 4.37. The summed E-state index contributed by atoms with van der Waals surface area (Å²) in [7, 11) is 0. The molecule has 0 aliphatic carbocycles. The van der Waals surface area contributed by atoms with Gasteiger partial charge in [-0.15, -0.1) is 0 Å². The van der Waals surface area contributed by atoms with E-state index in [1.165, 1.54) is 0 Å². The number of rotatable bonds is 3. The van der Waals surface area contributed by atoms with Gasteiger partial charge < -0.3 is 5.11 Å². The van der Waals surface area contributed by atoms with Crippen LogP contribution in [0.2, 0.25) is 0 Å². The molecule has 0 atom stereocenters. The number of hydrogen-bond donors (Lipinski definition) is 1. The van der Waals surface area contributed by atoms with Gasteiger partial charge in [-0.25, -0.2) is 4.79 Å². The van der Waals surface area contributed by atoms with Crippen molar-refractivity contribution in [3.63, 3.8) is 0 Å². The summed E-state index contributed by atoms with van der Waals surface area (Å²) in [6.45, 7) is 4.33. The number of hydrogen-bond acceptors (Lipinski definition) is 1. The van der Waals surface area contributed by atoms with Crippen LogP contribution in [0.3, 0.4) is 0 Å². The fourth-order valence-corrected chi connectivity index (χ4v) is 1.27. The van der Waals surface area contributed by atoms with Crippen LogP contribution in [0.15, 0.2) is 24.3 Å². The first-order chi connectivity index (χ1) is 8.59. The minimum Gasteiger partial charge on any atom is -0.478 e. The molecule has 1 aromatic rings. The van der Waals surface area contributed by atoms with Crippen molar-refractivity contribution < 1.29 is 9.90 Å². The van der Waals surface area contributed by atoms with Crippen molar-refractivity contribution in [2.45, 2.75) is 26.7 Å². The standard InChI is InChI=1S/C16H16O2/c1-13(2)7-5-3-4-6-8-14-9-11-15(12-10-14)16(17)18/h9-13H,5,7H2,1-2H3,(H,17,18). The number of carboxylic acid groups (broad SMARTS) is 1. The fraction of sp³-hybridized carbons (Fsp3) is 0.312. The predicted molar refractivity (Wildman–Crippen MR) is 72.1 cm³/mol. The second-order valence-corrected chi connectivity index (χ2v) is 4.37. The summed E-state index contributed by atoms with van der Waals surface area (Å²) < 4.78 is 0. The van der Waals surface area contributed by atoms with Gasteiger partial charge in [0.15, 0.2) is 0 Å². The van der Waals surface area contributed by atoms with E-state index < -0.39 is 5.97 Å². The van der Waals surface area contributed by atoms with Crippen LogP contribution in [0, 0.1) is 29.6 Å². The lowest BCUT2D eigenvalue weighted by Crippen LogP contribution is -1.94. The normalized spacial score (nSPS) is 9.06. The molecule has 0 saturated heterocycles. The van der Waals surface area contributed by atoms with Gasteiger partial charge in [-0.05, 0) is 48.4 Å². The molecular formula is C16H16O2. The lowest BCUT2D eigenvalue weighted by molar-refractivity contribution is 0.0697. The first-order valence-corrected chi connectivity index (χ1v) is 5.92. The van der Waals surface area contributed by atoms with Crippen molar-refractivity contribution in [1.82, 2.24) is 0 Å². The van der Waals surface area contributed by atoms with Gasteiger partial charge in [-0.3, -0.25) is 0 Å². The average molecular weight is 240 g/mol. The first-order valence-electron chi connectivity index (χ1n) is 5.92. The second kappa shape index (κ2) is 7.20. The highest BCUT2D eigenvalue weighted by Crippen LogP contribution is 2.03. The molecule has 0 aliphatic rings. The summed E-state index contributed by atoms with van der Waals surface area (Å²) in [5.74, 6) is 11.2. The zero-order chi connectivity index (χ0) is 13.4. The smallest absolute Gasteiger partial charge is 0.335 e. The van der Waals surface area contributed by atoms with E-state index in [4.69, 9.17) is 5.11 Å². The average Bonchev–Trinajstić information content (AvgIpc) is 2.34. The van der Waals surface area contributed by atoms with Crippen LogP contribution in [-0.4, -0.2) is 11.1 Å². The molecule has 0 heterocycles. The molecule has 0 aliphatic heterocycles. The van der Waals surface area contributed by atoms with Crippen LogP contribution >= 0.6 is 0 Å². The molecule has 0 radical (unpaired) electrons. The quantitative estimate of drug-likeness (QED) is 0.824. The molecule has 0 aromatic heterocycles. The summed E-state index contributed by atoms with van der Waals surface area (Å²) in [5, 5.41) is 8.74. The third kappa shape index (κ3) is 5.23. The molecule has 0 saturated carbocycles. The highest BCUT2D eigenvalue weighted by atomic mass is 16.4. The zero-order valence-corrected chi connectivity index (χ0v) is 10.7. The molecular weight excluding hydrogens is 224 g/mol. The Hall–Kier alpha value is -2.19. The number of carboxylic acids is 1. The van der Waals surface area contributed by atoms with Gasteiger partial charge >= 0.3 is 5.97 Å². The van der Waals surface area contributed by atoms with Gasteiger partial charge in [0.25, 0.3) is 0 Å². The first kappa shape index (κ1) is 13.9. The Morgan fingerprint density at radius 1 is 1.22 bits per heavy atom. The van der Waals surface area contributed by atoms with Crippen LogP contribution < -0.4 is 0 Å². The van der Waals surface area contributed by atoms with Crippen LogP contribution in [0.1, 0.15) is 42.6 Å². The molecule has 0 unspecified atom stereocenters. The maximum Gasteiger partial charge on any atom is 0.335 e. The highest BCUT2D eigenvalue weighted by molar-refractivity contribution is 5.87. The van der Waals surface area contributed by atoms with Crippen molar-refractivity contribution in [3.05, 3.63) is 35.4 Å². The number of aromatic carboxylic acids is 1. The number of carbonyl (C=O) groups is 1. The third-order valence-electron chi connectivity index (χ3n) is 2.34. The van der Waals surface area contributed by atoms with Crippen molar-refractivity contribution >= 4 is 5.97 Å². The molecule has 2 heteroatoms. The maximum absolute atomic E-state index is 10.6. The highest BCUT2D eigenvalue weighted by Gasteiger charge is 1.99. The topological polar surface area (TPSA) is 37.3 Å². The summed E-state index contributed by atoms with van der Waals surface area (Å²) >= 11 is 0. The summed E-state index contributed by atoms with van der Waals surface area (Å²) in [6.07, 6.45) is 1.95. The Morgan fingerprint density at radius 3 is 2.44 bits per heavy atom. The Labute approximate surface area is 108 Å².